The molecule has 0 aliphatic heterocycles. The number of aryl methyl sites for hydroxylation is 1. The number of aromatic nitrogens is 7. The van der Waals surface area contributed by atoms with E-state index in [1.165, 1.54) is 16.0 Å². The fraction of sp³-hybridized carbons (Fsp3) is 0.176. The smallest absolute Gasteiger partial charge is 0.291 e. The van der Waals surface area contributed by atoms with Gasteiger partial charge >= 0.3 is 0 Å². The molecular formula is C17H12N8OS2. The molecule has 0 aliphatic carbocycles. The summed E-state index contributed by atoms with van der Waals surface area (Å²) >= 11 is 2.80. The van der Waals surface area contributed by atoms with Gasteiger partial charge in [-0.25, -0.2) is 14.6 Å². The van der Waals surface area contributed by atoms with Crippen LogP contribution in [-0.2, 0) is 20.0 Å². The van der Waals surface area contributed by atoms with Gasteiger partial charge in [0, 0.05) is 25.1 Å². The molecule has 28 heavy (non-hydrogen) atoms. The fourth-order valence-corrected chi connectivity index (χ4v) is 4.89. The standard InChI is InChI=1S/C17H12N8OS2/c1-24-14-10(15-16(24)22-13(28-15)4-9-2-3-20-23-9)6-21-25(17(14)26)7-11-12(5-18)27-8-19-11/h2-3,6,8H,4,7H2,1H3,(H,20,23). The summed E-state index contributed by atoms with van der Waals surface area (Å²) in [5.41, 5.74) is 4.14. The maximum absolute atomic E-state index is 13.0. The lowest BCUT2D eigenvalue weighted by molar-refractivity contribution is 0.634. The Morgan fingerprint density at radius 1 is 1.39 bits per heavy atom. The van der Waals surface area contributed by atoms with Gasteiger partial charge in [-0.1, -0.05) is 0 Å². The maximum atomic E-state index is 13.0. The Bertz CT molecular complexity index is 1410. The first-order chi connectivity index (χ1) is 13.7. The molecule has 5 rings (SSSR count). The number of rotatable bonds is 4. The summed E-state index contributed by atoms with van der Waals surface area (Å²) in [7, 11) is 1.83. The van der Waals surface area contributed by atoms with Crippen molar-refractivity contribution in [3.05, 3.63) is 55.6 Å². The van der Waals surface area contributed by atoms with Crippen LogP contribution < -0.4 is 5.56 Å². The number of nitrogens with zero attached hydrogens (tertiary/aromatic N) is 7. The molecule has 5 aromatic rings. The van der Waals surface area contributed by atoms with E-state index in [1.807, 2.05) is 17.7 Å². The summed E-state index contributed by atoms with van der Waals surface area (Å²) in [4.78, 5) is 22.4. The first kappa shape index (κ1) is 16.8. The van der Waals surface area contributed by atoms with E-state index in [1.54, 1.807) is 29.2 Å². The van der Waals surface area contributed by atoms with Gasteiger partial charge in [0.25, 0.3) is 5.56 Å². The van der Waals surface area contributed by atoms with Crippen LogP contribution in [0.3, 0.4) is 0 Å². The highest BCUT2D eigenvalue weighted by Gasteiger charge is 2.19. The Balaban J connectivity index is 1.60. The number of nitriles is 1. The first-order valence-corrected chi connectivity index (χ1v) is 10.0. The predicted molar refractivity (Wildman–Crippen MR) is 105 cm³/mol. The molecule has 0 saturated carbocycles. The highest BCUT2D eigenvalue weighted by molar-refractivity contribution is 7.19. The van der Waals surface area contributed by atoms with Crippen LogP contribution in [-0.4, -0.2) is 34.5 Å². The topological polar surface area (TPSA) is 118 Å². The molecule has 0 saturated heterocycles. The monoisotopic (exact) mass is 408 g/mol. The SMILES string of the molecule is Cn1c2nc(Cc3cc[nH]n3)sc2c2cnn(Cc3ncsc3C#N)c(=O)c21. The molecule has 11 heteroatoms. The van der Waals surface area contributed by atoms with E-state index in [4.69, 9.17) is 10.2 Å². The number of hydrogen-bond donors (Lipinski definition) is 1. The van der Waals surface area contributed by atoms with Crippen molar-refractivity contribution in [1.82, 2.24) is 34.5 Å². The highest BCUT2D eigenvalue weighted by Crippen LogP contribution is 2.31. The summed E-state index contributed by atoms with van der Waals surface area (Å²) in [6.45, 7) is 0.165. The second-order valence-corrected chi connectivity index (χ2v) is 8.11. The fourth-order valence-electron chi connectivity index (χ4n) is 3.18. The lowest BCUT2D eigenvalue weighted by atomic mass is 10.3. The average Bonchev–Trinajstić information content (AvgIpc) is 3.46. The molecule has 9 nitrogen and oxygen atoms in total. The third kappa shape index (κ3) is 2.54. The molecule has 0 bridgehead atoms. The van der Waals surface area contributed by atoms with Gasteiger partial charge in [-0.05, 0) is 6.07 Å². The average molecular weight is 408 g/mol. The zero-order chi connectivity index (χ0) is 19.3. The van der Waals surface area contributed by atoms with Gasteiger partial charge in [0.05, 0.1) is 34.3 Å². The summed E-state index contributed by atoms with van der Waals surface area (Å²) < 4.78 is 4.08. The molecule has 0 atom stereocenters. The van der Waals surface area contributed by atoms with Crippen molar-refractivity contribution in [2.45, 2.75) is 13.0 Å². The summed E-state index contributed by atoms with van der Waals surface area (Å²) in [6, 6.07) is 4.01. The highest BCUT2D eigenvalue weighted by atomic mass is 32.1. The van der Waals surface area contributed by atoms with Crippen molar-refractivity contribution >= 4 is 43.9 Å². The minimum Gasteiger partial charge on any atom is -0.323 e. The lowest BCUT2D eigenvalue weighted by Crippen LogP contribution is -2.25. The maximum Gasteiger partial charge on any atom is 0.291 e. The molecule has 1 N–H and O–H groups in total. The molecule has 0 aromatic carbocycles. The van der Waals surface area contributed by atoms with Crippen molar-refractivity contribution in [3.8, 4) is 6.07 Å². The largest absolute Gasteiger partial charge is 0.323 e. The number of thiazole rings is 2. The second kappa shape index (κ2) is 6.36. The zero-order valence-corrected chi connectivity index (χ0v) is 16.2. The van der Waals surface area contributed by atoms with Crippen LogP contribution in [0.5, 0.6) is 0 Å². The van der Waals surface area contributed by atoms with Crippen molar-refractivity contribution in [2.75, 3.05) is 0 Å². The Hall–Kier alpha value is -3.36. The van der Waals surface area contributed by atoms with E-state index in [0.717, 1.165) is 26.4 Å². The van der Waals surface area contributed by atoms with E-state index >= 15 is 0 Å². The zero-order valence-electron chi connectivity index (χ0n) is 14.6. The normalized spacial score (nSPS) is 11.4. The van der Waals surface area contributed by atoms with Crippen molar-refractivity contribution in [2.24, 2.45) is 7.05 Å². The molecular weight excluding hydrogens is 396 g/mol. The van der Waals surface area contributed by atoms with E-state index in [9.17, 15) is 4.79 Å². The third-order valence-corrected chi connectivity index (χ3v) is 6.35. The number of H-pyrrole nitrogens is 1. The van der Waals surface area contributed by atoms with E-state index in [2.05, 4.69) is 26.3 Å². The third-order valence-electron chi connectivity index (χ3n) is 4.50. The molecule has 0 unspecified atom stereocenters. The molecule has 0 amide bonds. The molecule has 0 spiro atoms. The van der Waals surface area contributed by atoms with Crippen molar-refractivity contribution in [1.29, 1.82) is 5.26 Å². The minimum atomic E-state index is -0.226. The predicted octanol–water partition coefficient (Wildman–Crippen LogP) is 2.04. The Kier molecular flexibility index (Phi) is 3.81. The summed E-state index contributed by atoms with van der Waals surface area (Å²) in [6.07, 6.45) is 4.11. The van der Waals surface area contributed by atoms with Gasteiger partial charge in [0.2, 0.25) is 0 Å². The Morgan fingerprint density at radius 2 is 2.29 bits per heavy atom. The number of aromatic amines is 1. The molecule has 0 radical (unpaired) electrons. The Morgan fingerprint density at radius 3 is 3.07 bits per heavy atom. The van der Waals surface area contributed by atoms with Gasteiger partial charge in [-0.15, -0.1) is 22.7 Å². The van der Waals surface area contributed by atoms with E-state index < -0.39 is 0 Å². The minimum absolute atomic E-state index is 0.165. The molecule has 0 fully saturated rings. The van der Waals surface area contributed by atoms with Crippen LogP contribution in [0, 0.1) is 11.3 Å². The van der Waals surface area contributed by atoms with Crippen LogP contribution in [0.25, 0.3) is 21.3 Å². The van der Waals surface area contributed by atoms with Crippen molar-refractivity contribution < 1.29 is 0 Å². The van der Waals surface area contributed by atoms with Gasteiger partial charge in [0.15, 0.2) is 5.65 Å². The molecule has 5 aromatic heterocycles. The van der Waals surface area contributed by atoms with Gasteiger partial charge in [-0.2, -0.15) is 15.5 Å². The van der Waals surface area contributed by atoms with Crippen LogP contribution >= 0.6 is 22.7 Å². The molecule has 0 aliphatic rings. The van der Waals surface area contributed by atoms with Crippen LogP contribution in [0.2, 0.25) is 0 Å². The van der Waals surface area contributed by atoms with E-state index in [0.29, 0.717) is 22.5 Å². The van der Waals surface area contributed by atoms with Gasteiger partial charge in [0.1, 0.15) is 21.5 Å². The van der Waals surface area contributed by atoms with Crippen LogP contribution in [0.1, 0.15) is 21.3 Å². The summed E-state index contributed by atoms with van der Waals surface area (Å²) in [5, 5.41) is 22.1. The molecule has 138 valence electrons. The number of hydrogen-bond acceptors (Lipinski definition) is 8. The lowest BCUT2D eigenvalue weighted by Gasteiger charge is -2.04. The van der Waals surface area contributed by atoms with Gasteiger partial charge in [-0.3, -0.25) is 9.89 Å². The van der Waals surface area contributed by atoms with Gasteiger partial charge < -0.3 is 4.57 Å². The quantitative estimate of drug-likeness (QED) is 0.486. The Labute approximate surface area is 165 Å². The number of nitrogens with one attached hydrogen (secondary N) is 1. The van der Waals surface area contributed by atoms with E-state index in [-0.39, 0.29) is 12.1 Å². The first-order valence-electron chi connectivity index (χ1n) is 8.30. The second-order valence-electron chi connectivity index (χ2n) is 6.17. The summed E-state index contributed by atoms with van der Waals surface area (Å²) in [5.74, 6) is 0. The molecule has 5 heterocycles. The van der Waals surface area contributed by atoms with Crippen LogP contribution in [0.15, 0.2) is 28.8 Å². The van der Waals surface area contributed by atoms with Crippen molar-refractivity contribution in [3.63, 3.8) is 0 Å². The van der Waals surface area contributed by atoms with Crippen LogP contribution in [0.4, 0.5) is 0 Å². The number of fused-ring (bicyclic) bond motifs is 3.